The molecular formula is C21H20N4O9. The van der Waals surface area contributed by atoms with Crippen molar-refractivity contribution in [2.45, 2.75) is 26.2 Å². The number of nitro groups is 3. The third-order valence-corrected chi connectivity index (χ3v) is 4.38. The zero-order valence-electron chi connectivity index (χ0n) is 17.9. The van der Waals surface area contributed by atoms with E-state index in [1.54, 1.807) is 12.4 Å². The summed E-state index contributed by atoms with van der Waals surface area (Å²) in [6.07, 6.45) is 6.73. The Morgan fingerprint density at radius 1 is 0.882 bits per heavy atom. The van der Waals surface area contributed by atoms with E-state index in [1.165, 1.54) is 35.3 Å². The van der Waals surface area contributed by atoms with Crippen LogP contribution in [0.1, 0.15) is 25.3 Å². The molecule has 0 fully saturated rings. The van der Waals surface area contributed by atoms with Gasteiger partial charge in [-0.3, -0.25) is 35.1 Å². The molecule has 0 spiro atoms. The lowest BCUT2D eigenvalue weighted by Gasteiger charge is -2.08. The van der Waals surface area contributed by atoms with Crippen LogP contribution in [0, 0.1) is 30.3 Å². The first kappa shape index (κ1) is 25.5. The normalized spacial score (nSPS) is 10.0. The van der Waals surface area contributed by atoms with Gasteiger partial charge in [0, 0.05) is 24.5 Å². The highest BCUT2D eigenvalue weighted by atomic mass is 16.7. The second-order valence-electron chi connectivity index (χ2n) is 6.84. The number of non-ortho nitro benzene ring substituents is 1. The predicted molar refractivity (Wildman–Crippen MR) is 120 cm³/mol. The number of pyridine rings is 1. The van der Waals surface area contributed by atoms with Crippen molar-refractivity contribution in [1.29, 1.82) is 0 Å². The van der Waals surface area contributed by atoms with Crippen LogP contribution < -0.4 is 10.3 Å². The molecule has 34 heavy (non-hydrogen) atoms. The first-order valence-electron chi connectivity index (χ1n) is 9.88. The predicted octanol–water partition coefficient (Wildman–Crippen LogP) is 4.15. The van der Waals surface area contributed by atoms with E-state index in [0.29, 0.717) is 12.1 Å². The summed E-state index contributed by atoms with van der Waals surface area (Å²) in [5, 5.41) is 40.2. The SMILES string of the molecule is CCCCc1ccc(On2ccc(=O)cc2)cc1.O=[N+]([O-])c1cc([N+](=O)[O-])c(O)c([N+](=O)[O-])c1. The second-order valence-corrected chi connectivity index (χ2v) is 6.84. The number of unbranched alkanes of at least 4 members (excludes halogenated alkanes) is 1. The van der Waals surface area contributed by atoms with E-state index in [4.69, 9.17) is 9.94 Å². The quantitative estimate of drug-likeness (QED) is 0.372. The molecule has 0 amide bonds. The lowest BCUT2D eigenvalue weighted by molar-refractivity contribution is -0.404. The maximum atomic E-state index is 11.0. The number of aromatic nitrogens is 1. The number of phenols is 1. The van der Waals surface area contributed by atoms with Gasteiger partial charge in [0.15, 0.2) is 11.2 Å². The summed E-state index contributed by atoms with van der Waals surface area (Å²) >= 11 is 0. The van der Waals surface area contributed by atoms with Crippen molar-refractivity contribution in [2.75, 3.05) is 0 Å². The Hall–Kier alpha value is -4.81. The van der Waals surface area contributed by atoms with E-state index in [-0.39, 0.29) is 5.43 Å². The van der Waals surface area contributed by atoms with Crippen molar-refractivity contribution < 1.29 is 24.7 Å². The van der Waals surface area contributed by atoms with E-state index < -0.39 is 37.6 Å². The van der Waals surface area contributed by atoms with Crippen molar-refractivity contribution in [3.8, 4) is 11.5 Å². The Labute approximate surface area is 191 Å². The summed E-state index contributed by atoms with van der Waals surface area (Å²) in [6, 6.07) is 11.9. The van der Waals surface area contributed by atoms with Crippen LogP contribution in [0.3, 0.4) is 0 Å². The molecule has 0 radical (unpaired) electrons. The smallest absolute Gasteiger partial charge is 0.324 e. The molecular weight excluding hydrogens is 452 g/mol. The highest BCUT2D eigenvalue weighted by Crippen LogP contribution is 2.38. The molecule has 1 N–H and O–H groups in total. The van der Waals surface area contributed by atoms with Gasteiger partial charge in [0.25, 0.3) is 11.4 Å². The molecule has 0 atom stereocenters. The minimum absolute atomic E-state index is 0.0234. The van der Waals surface area contributed by atoms with Crippen LogP contribution in [-0.4, -0.2) is 24.6 Å². The average Bonchev–Trinajstić information content (AvgIpc) is 2.80. The molecule has 0 saturated carbocycles. The van der Waals surface area contributed by atoms with Crippen LogP contribution in [0.4, 0.5) is 17.1 Å². The van der Waals surface area contributed by atoms with E-state index in [9.17, 15) is 35.1 Å². The van der Waals surface area contributed by atoms with Gasteiger partial charge in [0.2, 0.25) is 0 Å². The van der Waals surface area contributed by atoms with Gasteiger partial charge >= 0.3 is 11.4 Å². The van der Waals surface area contributed by atoms with Gasteiger partial charge in [-0.05, 0) is 30.5 Å². The van der Waals surface area contributed by atoms with E-state index in [2.05, 4.69) is 19.1 Å². The molecule has 0 saturated heterocycles. The standard InChI is InChI=1S/C15H17NO2.C6H3N3O7/c1-2-3-4-13-5-7-15(8-6-13)18-16-11-9-14(17)10-12-16;10-6-4(8(13)14)1-3(7(11)12)2-5(6)9(15)16/h5-12H,2-4H2,1H3;1-2,10H. The fourth-order valence-electron chi connectivity index (χ4n) is 2.65. The van der Waals surface area contributed by atoms with Crippen LogP contribution in [0.25, 0.3) is 0 Å². The minimum Gasteiger partial charge on any atom is -0.497 e. The zero-order chi connectivity index (χ0) is 25.3. The number of rotatable bonds is 8. The van der Waals surface area contributed by atoms with E-state index in [1.807, 2.05) is 12.1 Å². The third kappa shape index (κ3) is 7.12. The van der Waals surface area contributed by atoms with Crippen molar-refractivity contribution >= 4 is 17.1 Å². The summed E-state index contributed by atoms with van der Waals surface area (Å²) < 4.78 is 1.52. The Bertz CT molecular complexity index is 1180. The first-order valence-corrected chi connectivity index (χ1v) is 9.88. The summed E-state index contributed by atoms with van der Waals surface area (Å²) in [5.74, 6) is -0.445. The molecule has 0 aliphatic carbocycles. The van der Waals surface area contributed by atoms with Gasteiger partial charge in [-0.25, -0.2) is 0 Å². The monoisotopic (exact) mass is 472 g/mol. The molecule has 0 bridgehead atoms. The Balaban J connectivity index is 0.000000242. The molecule has 2 aromatic carbocycles. The first-order chi connectivity index (χ1) is 16.1. The fraction of sp³-hybridized carbons (Fsp3) is 0.190. The lowest BCUT2D eigenvalue weighted by Crippen LogP contribution is -2.08. The molecule has 13 heteroatoms. The highest BCUT2D eigenvalue weighted by Gasteiger charge is 2.30. The van der Waals surface area contributed by atoms with Crippen LogP contribution in [-0.2, 0) is 6.42 Å². The summed E-state index contributed by atoms with van der Waals surface area (Å²) in [5.41, 5.74) is -1.70. The van der Waals surface area contributed by atoms with Gasteiger partial charge in [-0.15, -0.1) is 0 Å². The zero-order valence-corrected chi connectivity index (χ0v) is 17.9. The topological polar surface area (TPSA) is 181 Å². The third-order valence-electron chi connectivity index (χ3n) is 4.38. The van der Waals surface area contributed by atoms with Gasteiger partial charge in [0.1, 0.15) is 0 Å². The maximum absolute atomic E-state index is 11.0. The molecule has 178 valence electrons. The Morgan fingerprint density at radius 2 is 1.41 bits per heavy atom. The van der Waals surface area contributed by atoms with Crippen LogP contribution in [0.15, 0.2) is 65.7 Å². The van der Waals surface area contributed by atoms with Gasteiger partial charge in [-0.2, -0.15) is 4.73 Å². The molecule has 13 nitrogen and oxygen atoms in total. The van der Waals surface area contributed by atoms with Crippen LogP contribution in [0.5, 0.6) is 11.5 Å². The van der Waals surface area contributed by atoms with Gasteiger partial charge < -0.3 is 9.94 Å². The number of aryl methyl sites for hydroxylation is 1. The van der Waals surface area contributed by atoms with Gasteiger partial charge in [-0.1, -0.05) is 25.5 Å². The fourth-order valence-corrected chi connectivity index (χ4v) is 2.65. The maximum Gasteiger partial charge on any atom is 0.324 e. The summed E-state index contributed by atoms with van der Waals surface area (Å²) in [7, 11) is 0. The lowest BCUT2D eigenvalue weighted by atomic mass is 10.1. The van der Waals surface area contributed by atoms with Crippen molar-refractivity contribution in [1.82, 2.24) is 4.73 Å². The largest absolute Gasteiger partial charge is 0.497 e. The second kappa shape index (κ2) is 11.7. The van der Waals surface area contributed by atoms with E-state index >= 15 is 0 Å². The number of hydrogen-bond donors (Lipinski definition) is 1. The van der Waals surface area contributed by atoms with Gasteiger partial charge in [0.05, 0.1) is 26.9 Å². The summed E-state index contributed by atoms with van der Waals surface area (Å²) in [4.78, 5) is 44.3. The number of benzene rings is 2. The van der Waals surface area contributed by atoms with Crippen LogP contribution in [0.2, 0.25) is 0 Å². The average molecular weight is 472 g/mol. The number of phenolic OH excluding ortho intramolecular Hbond substituents is 1. The van der Waals surface area contributed by atoms with Crippen molar-refractivity contribution in [3.05, 3.63) is 107 Å². The highest BCUT2D eigenvalue weighted by molar-refractivity contribution is 5.64. The molecule has 3 rings (SSSR count). The molecule has 3 aromatic rings. The molecule has 1 heterocycles. The Morgan fingerprint density at radius 3 is 1.85 bits per heavy atom. The molecule has 0 unspecified atom stereocenters. The number of nitro benzene ring substituents is 3. The number of hydrogen-bond acceptors (Lipinski definition) is 9. The Kier molecular flexibility index (Phi) is 8.76. The molecule has 1 aromatic heterocycles. The van der Waals surface area contributed by atoms with Crippen LogP contribution >= 0.6 is 0 Å². The van der Waals surface area contributed by atoms with Crippen molar-refractivity contribution in [2.24, 2.45) is 0 Å². The minimum atomic E-state index is -1.21. The van der Waals surface area contributed by atoms with Crippen molar-refractivity contribution in [3.63, 3.8) is 0 Å². The number of aromatic hydroxyl groups is 1. The number of nitrogens with zero attached hydrogens (tertiary/aromatic N) is 4. The molecule has 0 aliphatic rings. The molecule has 0 aliphatic heterocycles. The summed E-state index contributed by atoms with van der Waals surface area (Å²) in [6.45, 7) is 2.19. The van der Waals surface area contributed by atoms with E-state index in [0.717, 1.165) is 12.2 Å².